The number of carbonyl (C=O) groups is 4. The summed E-state index contributed by atoms with van der Waals surface area (Å²) < 4.78 is 9.90. The average Bonchev–Trinajstić information content (AvgIpc) is 2.86. The topological polar surface area (TPSA) is 129 Å². The van der Waals surface area contributed by atoms with Crippen molar-refractivity contribution < 1.29 is 38.3 Å². The van der Waals surface area contributed by atoms with E-state index in [4.69, 9.17) is 19.1 Å². The van der Waals surface area contributed by atoms with Crippen LogP contribution in [0.2, 0.25) is 0 Å². The molecule has 2 aliphatic carbocycles. The third-order valence-electron chi connectivity index (χ3n) is 6.79. The van der Waals surface area contributed by atoms with E-state index in [1.165, 1.54) is 13.8 Å². The zero-order chi connectivity index (χ0) is 25.9. The van der Waals surface area contributed by atoms with Crippen LogP contribution in [0.15, 0.2) is 25.3 Å². The molecule has 10 heteroatoms. The molecule has 0 bridgehead atoms. The fourth-order valence-electron chi connectivity index (χ4n) is 5.03. The lowest BCUT2D eigenvalue weighted by Crippen LogP contribution is -2.51. The van der Waals surface area contributed by atoms with Gasteiger partial charge in [-0.25, -0.2) is 30.2 Å². The fraction of sp³-hybridized carbons (Fsp3) is 0.680. The fourth-order valence-corrected chi connectivity index (χ4v) is 5.03. The van der Waals surface area contributed by atoms with Crippen molar-refractivity contribution in [2.45, 2.75) is 97.1 Å². The second-order valence-electron chi connectivity index (χ2n) is 9.37. The van der Waals surface area contributed by atoms with Crippen LogP contribution >= 0.6 is 0 Å². The Morgan fingerprint density at radius 2 is 1.06 bits per heavy atom. The van der Waals surface area contributed by atoms with Crippen LogP contribution in [-0.2, 0) is 38.3 Å². The number of hydroxylamine groups is 2. The van der Waals surface area contributed by atoms with Crippen LogP contribution < -0.4 is 11.0 Å². The third kappa shape index (κ3) is 8.17. The Kier molecular flexibility index (Phi) is 10.9. The summed E-state index contributed by atoms with van der Waals surface area (Å²) in [5, 5.41) is 0. The molecular weight excluding hydrogens is 456 g/mol. The molecule has 0 aliphatic heterocycles. The molecule has 2 amide bonds. The molecule has 2 unspecified atom stereocenters. The molecule has 0 radical (unpaired) electrons. The molecule has 0 heterocycles. The normalized spacial score (nSPS) is 20.4. The van der Waals surface area contributed by atoms with Crippen molar-refractivity contribution in [1.29, 1.82) is 0 Å². The maximum Gasteiger partial charge on any atom is 0.332 e. The van der Waals surface area contributed by atoms with Crippen molar-refractivity contribution in [2.24, 2.45) is 10.8 Å². The lowest BCUT2D eigenvalue weighted by molar-refractivity contribution is -0.197. The summed E-state index contributed by atoms with van der Waals surface area (Å²) >= 11 is 0. The zero-order valence-corrected chi connectivity index (χ0v) is 20.8. The van der Waals surface area contributed by atoms with Gasteiger partial charge in [-0.15, -0.1) is 0 Å². The molecule has 0 saturated heterocycles. The molecule has 2 fully saturated rings. The molecule has 0 spiro atoms. The summed E-state index contributed by atoms with van der Waals surface area (Å²) in [6, 6.07) is 0. The van der Waals surface area contributed by atoms with Gasteiger partial charge in [-0.1, -0.05) is 51.7 Å². The first kappa shape index (κ1) is 28.5. The van der Waals surface area contributed by atoms with Gasteiger partial charge in [-0.2, -0.15) is 0 Å². The summed E-state index contributed by atoms with van der Waals surface area (Å²) in [5.41, 5.74) is 3.31. The van der Waals surface area contributed by atoms with Crippen molar-refractivity contribution >= 4 is 23.8 Å². The summed E-state index contributed by atoms with van der Waals surface area (Å²) in [4.78, 5) is 60.2. The van der Waals surface area contributed by atoms with Crippen LogP contribution in [0.3, 0.4) is 0 Å². The molecule has 2 saturated carbocycles. The van der Waals surface area contributed by atoms with Crippen LogP contribution in [0, 0.1) is 10.8 Å². The number of rotatable bonds is 12. The molecule has 2 N–H and O–H groups in total. The standard InChI is InChI=1S/C25H38N2O8/c1-5-20(28)32-18(3)34-26-22(30)24(13-9-7-10-14-24)17-25(15-11-8-12-16-25)23(31)27-35-19(4)33-21(29)6-2/h5-6,18-19H,1-2,7-17H2,3-4H3,(H,26,30)(H,27,31). The van der Waals surface area contributed by atoms with Gasteiger partial charge in [0, 0.05) is 26.0 Å². The smallest absolute Gasteiger partial charge is 0.332 e. The predicted molar refractivity (Wildman–Crippen MR) is 126 cm³/mol. The highest BCUT2D eigenvalue weighted by Crippen LogP contribution is 2.51. The lowest BCUT2D eigenvalue weighted by atomic mass is 9.59. The lowest BCUT2D eigenvalue weighted by Gasteiger charge is -2.45. The van der Waals surface area contributed by atoms with E-state index in [1.807, 2.05) is 0 Å². The maximum atomic E-state index is 13.4. The molecule has 0 aromatic heterocycles. The van der Waals surface area contributed by atoms with Gasteiger partial charge >= 0.3 is 11.9 Å². The first-order chi connectivity index (χ1) is 16.7. The second kappa shape index (κ2) is 13.4. The van der Waals surface area contributed by atoms with Crippen molar-refractivity contribution in [1.82, 2.24) is 11.0 Å². The Morgan fingerprint density at radius 1 is 0.714 bits per heavy atom. The molecule has 2 aliphatic rings. The van der Waals surface area contributed by atoms with Crippen molar-refractivity contribution in [2.75, 3.05) is 0 Å². The highest BCUT2D eigenvalue weighted by Gasteiger charge is 2.50. The molecule has 2 atom stereocenters. The summed E-state index contributed by atoms with van der Waals surface area (Å²) in [7, 11) is 0. The molecule has 10 nitrogen and oxygen atoms in total. The average molecular weight is 495 g/mol. The minimum absolute atomic E-state index is 0.328. The Balaban J connectivity index is 2.14. The molecular formula is C25H38N2O8. The van der Waals surface area contributed by atoms with E-state index >= 15 is 0 Å². The highest BCUT2D eigenvalue weighted by atomic mass is 16.8. The van der Waals surface area contributed by atoms with Gasteiger partial charge in [0.15, 0.2) is 0 Å². The quantitative estimate of drug-likeness (QED) is 0.182. The van der Waals surface area contributed by atoms with Gasteiger partial charge in [0.1, 0.15) is 0 Å². The van der Waals surface area contributed by atoms with E-state index in [2.05, 4.69) is 24.1 Å². The molecule has 0 aromatic rings. The van der Waals surface area contributed by atoms with Crippen LogP contribution in [0.1, 0.15) is 84.5 Å². The summed E-state index contributed by atoms with van der Waals surface area (Å²) in [5.74, 6) is -1.98. The number of nitrogens with one attached hydrogen (secondary N) is 2. The molecule has 35 heavy (non-hydrogen) atoms. The minimum Gasteiger partial charge on any atom is -0.431 e. The van der Waals surface area contributed by atoms with E-state index in [1.54, 1.807) is 0 Å². The summed E-state index contributed by atoms with van der Waals surface area (Å²) in [6.45, 7) is 9.64. The Bertz CT molecular complexity index is 720. The van der Waals surface area contributed by atoms with Gasteiger partial charge in [0.25, 0.3) is 0 Å². The number of esters is 2. The van der Waals surface area contributed by atoms with E-state index in [-0.39, 0.29) is 11.8 Å². The van der Waals surface area contributed by atoms with Crippen LogP contribution in [-0.4, -0.2) is 36.3 Å². The van der Waals surface area contributed by atoms with E-state index in [0.717, 1.165) is 50.7 Å². The number of hydrogen-bond acceptors (Lipinski definition) is 8. The number of hydrogen-bond donors (Lipinski definition) is 2. The first-order valence-corrected chi connectivity index (χ1v) is 12.2. The summed E-state index contributed by atoms with van der Waals surface area (Å²) in [6.07, 6.45) is 8.30. The Labute approximate surface area is 206 Å². The van der Waals surface area contributed by atoms with Crippen LogP contribution in [0.4, 0.5) is 0 Å². The van der Waals surface area contributed by atoms with Crippen molar-refractivity contribution in [3.05, 3.63) is 25.3 Å². The van der Waals surface area contributed by atoms with Crippen molar-refractivity contribution in [3.63, 3.8) is 0 Å². The minimum atomic E-state index is -0.995. The first-order valence-electron chi connectivity index (χ1n) is 12.2. The largest absolute Gasteiger partial charge is 0.431 e. The van der Waals surface area contributed by atoms with Gasteiger partial charge in [0.2, 0.25) is 24.4 Å². The Morgan fingerprint density at radius 3 is 1.37 bits per heavy atom. The number of ether oxygens (including phenoxy) is 2. The van der Waals surface area contributed by atoms with Gasteiger partial charge in [-0.3, -0.25) is 9.59 Å². The molecule has 0 aromatic carbocycles. The van der Waals surface area contributed by atoms with Gasteiger partial charge in [0.05, 0.1) is 10.8 Å². The van der Waals surface area contributed by atoms with E-state index in [0.29, 0.717) is 32.1 Å². The zero-order valence-electron chi connectivity index (χ0n) is 20.8. The predicted octanol–water partition coefficient (Wildman–Crippen LogP) is 3.52. The highest BCUT2D eigenvalue weighted by molar-refractivity contribution is 5.86. The molecule has 196 valence electrons. The van der Waals surface area contributed by atoms with E-state index in [9.17, 15) is 19.2 Å². The molecule has 2 rings (SSSR count). The second-order valence-corrected chi connectivity index (χ2v) is 9.37. The number of carbonyl (C=O) groups excluding carboxylic acids is 4. The maximum absolute atomic E-state index is 13.4. The van der Waals surface area contributed by atoms with Gasteiger partial charge in [-0.05, 0) is 32.1 Å². The van der Waals surface area contributed by atoms with Crippen LogP contribution in [0.5, 0.6) is 0 Å². The van der Waals surface area contributed by atoms with Gasteiger partial charge < -0.3 is 9.47 Å². The third-order valence-corrected chi connectivity index (χ3v) is 6.79. The Hall–Kier alpha value is -2.72. The van der Waals surface area contributed by atoms with E-state index < -0.39 is 35.3 Å². The monoisotopic (exact) mass is 494 g/mol. The number of amides is 2. The SMILES string of the molecule is C=CC(=O)OC(C)ONC(=O)C1(CC2(C(=O)NOC(C)OC(=O)C=C)CCCCC2)CCCCC1. The van der Waals surface area contributed by atoms with Crippen LogP contribution in [0.25, 0.3) is 0 Å². The van der Waals surface area contributed by atoms with Crippen molar-refractivity contribution in [3.8, 4) is 0 Å².